The SMILES string of the molecule is CC(C)(C)c1ccc(OC2CCNCC2)cc1.Cl. The van der Waals surface area contributed by atoms with Gasteiger partial charge in [0.15, 0.2) is 0 Å². The van der Waals surface area contributed by atoms with Crippen LogP contribution < -0.4 is 10.1 Å². The average molecular weight is 270 g/mol. The molecule has 0 aromatic heterocycles. The molecule has 0 bridgehead atoms. The highest BCUT2D eigenvalue weighted by Crippen LogP contribution is 2.25. The summed E-state index contributed by atoms with van der Waals surface area (Å²) in [5.41, 5.74) is 1.57. The van der Waals surface area contributed by atoms with Gasteiger partial charge in [-0.15, -0.1) is 12.4 Å². The van der Waals surface area contributed by atoms with Crippen molar-refractivity contribution in [1.82, 2.24) is 5.32 Å². The maximum Gasteiger partial charge on any atom is 0.119 e. The van der Waals surface area contributed by atoms with Crippen molar-refractivity contribution in [3.05, 3.63) is 29.8 Å². The number of benzene rings is 1. The summed E-state index contributed by atoms with van der Waals surface area (Å²) in [4.78, 5) is 0. The fourth-order valence-electron chi connectivity index (χ4n) is 2.14. The summed E-state index contributed by atoms with van der Waals surface area (Å²) in [6, 6.07) is 8.55. The van der Waals surface area contributed by atoms with Crippen molar-refractivity contribution in [3.8, 4) is 5.75 Å². The first-order valence-electron chi connectivity index (χ1n) is 6.53. The first kappa shape index (κ1) is 15.3. The molecule has 1 aromatic rings. The number of ether oxygens (including phenoxy) is 1. The van der Waals surface area contributed by atoms with Crippen LogP contribution in [0.2, 0.25) is 0 Å². The fourth-order valence-corrected chi connectivity index (χ4v) is 2.14. The van der Waals surface area contributed by atoms with Crippen LogP contribution in [0.5, 0.6) is 5.75 Å². The molecule has 0 atom stereocenters. The van der Waals surface area contributed by atoms with Gasteiger partial charge in [0.2, 0.25) is 0 Å². The lowest BCUT2D eigenvalue weighted by atomic mass is 9.87. The number of hydrogen-bond donors (Lipinski definition) is 1. The van der Waals surface area contributed by atoms with Gasteiger partial charge in [0.25, 0.3) is 0 Å². The van der Waals surface area contributed by atoms with Crippen LogP contribution in [0.4, 0.5) is 0 Å². The van der Waals surface area contributed by atoms with Gasteiger partial charge in [0, 0.05) is 0 Å². The van der Waals surface area contributed by atoms with E-state index in [1.807, 2.05) is 0 Å². The third-order valence-corrected chi connectivity index (χ3v) is 3.31. The van der Waals surface area contributed by atoms with Crippen LogP contribution in [0.3, 0.4) is 0 Å². The maximum atomic E-state index is 5.98. The lowest BCUT2D eigenvalue weighted by molar-refractivity contribution is 0.162. The first-order chi connectivity index (χ1) is 8.05. The molecule has 1 N–H and O–H groups in total. The van der Waals surface area contributed by atoms with E-state index in [0.29, 0.717) is 6.10 Å². The van der Waals surface area contributed by atoms with Crippen LogP contribution >= 0.6 is 12.4 Å². The molecule has 0 radical (unpaired) electrons. The topological polar surface area (TPSA) is 21.3 Å². The van der Waals surface area contributed by atoms with Crippen LogP contribution in [-0.4, -0.2) is 19.2 Å². The molecular formula is C15H24ClNO. The van der Waals surface area contributed by atoms with Crippen LogP contribution in [0.15, 0.2) is 24.3 Å². The molecule has 2 rings (SSSR count). The Morgan fingerprint density at radius 3 is 2.11 bits per heavy atom. The minimum Gasteiger partial charge on any atom is -0.490 e. The summed E-state index contributed by atoms with van der Waals surface area (Å²) in [7, 11) is 0. The Morgan fingerprint density at radius 2 is 1.61 bits per heavy atom. The molecular weight excluding hydrogens is 246 g/mol. The Balaban J connectivity index is 0.00000162. The van der Waals surface area contributed by atoms with Gasteiger partial charge in [-0.05, 0) is 49.0 Å². The molecule has 0 unspecified atom stereocenters. The van der Waals surface area contributed by atoms with Crippen LogP contribution in [0.25, 0.3) is 0 Å². The molecule has 1 saturated heterocycles. The normalized spacial score (nSPS) is 17.1. The summed E-state index contributed by atoms with van der Waals surface area (Å²) < 4.78 is 5.98. The van der Waals surface area contributed by atoms with E-state index in [1.165, 1.54) is 5.56 Å². The lowest BCUT2D eigenvalue weighted by Crippen LogP contribution is -2.34. The van der Waals surface area contributed by atoms with Gasteiger partial charge in [0.05, 0.1) is 0 Å². The van der Waals surface area contributed by atoms with Crippen molar-refractivity contribution in [2.75, 3.05) is 13.1 Å². The number of hydrogen-bond acceptors (Lipinski definition) is 2. The second-order valence-electron chi connectivity index (χ2n) is 5.84. The van der Waals surface area contributed by atoms with Crippen LogP contribution in [-0.2, 0) is 5.41 Å². The van der Waals surface area contributed by atoms with Gasteiger partial charge in [0.1, 0.15) is 11.9 Å². The Hall–Kier alpha value is -0.730. The maximum absolute atomic E-state index is 5.98. The molecule has 0 aliphatic carbocycles. The molecule has 1 aromatic carbocycles. The number of halogens is 1. The van der Waals surface area contributed by atoms with E-state index in [-0.39, 0.29) is 17.8 Å². The van der Waals surface area contributed by atoms with Crippen molar-refractivity contribution in [2.24, 2.45) is 0 Å². The zero-order valence-electron chi connectivity index (χ0n) is 11.5. The molecule has 2 nitrogen and oxygen atoms in total. The van der Waals surface area contributed by atoms with E-state index >= 15 is 0 Å². The van der Waals surface area contributed by atoms with E-state index in [2.05, 4.69) is 50.4 Å². The molecule has 1 aliphatic heterocycles. The molecule has 1 heterocycles. The fraction of sp³-hybridized carbons (Fsp3) is 0.600. The number of piperidine rings is 1. The summed E-state index contributed by atoms with van der Waals surface area (Å²) in [5, 5.41) is 3.35. The molecule has 0 saturated carbocycles. The summed E-state index contributed by atoms with van der Waals surface area (Å²) in [6.45, 7) is 8.84. The highest BCUT2D eigenvalue weighted by Gasteiger charge is 2.16. The van der Waals surface area contributed by atoms with Crippen molar-refractivity contribution in [3.63, 3.8) is 0 Å². The molecule has 0 amide bonds. The van der Waals surface area contributed by atoms with Crippen molar-refractivity contribution in [2.45, 2.75) is 45.1 Å². The monoisotopic (exact) mass is 269 g/mol. The lowest BCUT2D eigenvalue weighted by Gasteiger charge is -2.24. The zero-order valence-corrected chi connectivity index (χ0v) is 12.3. The zero-order chi connectivity index (χ0) is 12.3. The number of nitrogens with one attached hydrogen (secondary N) is 1. The van der Waals surface area contributed by atoms with Crippen molar-refractivity contribution >= 4 is 12.4 Å². The van der Waals surface area contributed by atoms with Gasteiger partial charge in [-0.2, -0.15) is 0 Å². The standard InChI is InChI=1S/C15H23NO.ClH/c1-15(2,3)12-4-6-13(7-5-12)17-14-8-10-16-11-9-14;/h4-7,14,16H,8-11H2,1-3H3;1H. The quantitative estimate of drug-likeness (QED) is 0.887. The number of rotatable bonds is 2. The van der Waals surface area contributed by atoms with E-state index < -0.39 is 0 Å². The molecule has 3 heteroatoms. The first-order valence-corrected chi connectivity index (χ1v) is 6.53. The molecule has 102 valence electrons. The predicted octanol–water partition coefficient (Wildman–Crippen LogP) is 3.54. The minimum absolute atomic E-state index is 0. The molecule has 0 spiro atoms. The molecule has 18 heavy (non-hydrogen) atoms. The second-order valence-corrected chi connectivity index (χ2v) is 5.84. The van der Waals surface area contributed by atoms with Gasteiger partial charge in [-0.3, -0.25) is 0 Å². The van der Waals surface area contributed by atoms with E-state index in [4.69, 9.17) is 4.74 Å². The predicted molar refractivity (Wildman–Crippen MR) is 78.9 cm³/mol. The van der Waals surface area contributed by atoms with Crippen molar-refractivity contribution in [1.29, 1.82) is 0 Å². The largest absolute Gasteiger partial charge is 0.490 e. The Morgan fingerprint density at radius 1 is 1.06 bits per heavy atom. The smallest absolute Gasteiger partial charge is 0.119 e. The van der Waals surface area contributed by atoms with Crippen LogP contribution in [0, 0.1) is 0 Å². The van der Waals surface area contributed by atoms with Crippen molar-refractivity contribution < 1.29 is 4.74 Å². The Bertz CT molecular complexity index is 350. The van der Waals surface area contributed by atoms with Crippen LogP contribution in [0.1, 0.15) is 39.2 Å². The van der Waals surface area contributed by atoms with Gasteiger partial charge < -0.3 is 10.1 Å². The second kappa shape index (κ2) is 6.44. The molecule has 1 aliphatic rings. The molecule has 1 fully saturated rings. The van der Waals surface area contributed by atoms with E-state index in [1.54, 1.807) is 0 Å². The summed E-state index contributed by atoms with van der Waals surface area (Å²) in [6.07, 6.45) is 2.61. The highest BCUT2D eigenvalue weighted by atomic mass is 35.5. The van der Waals surface area contributed by atoms with Gasteiger partial charge in [-0.1, -0.05) is 32.9 Å². The third-order valence-electron chi connectivity index (χ3n) is 3.31. The van der Waals surface area contributed by atoms with E-state index in [9.17, 15) is 0 Å². The van der Waals surface area contributed by atoms with E-state index in [0.717, 1.165) is 31.7 Å². The minimum atomic E-state index is 0. The highest BCUT2D eigenvalue weighted by molar-refractivity contribution is 5.85. The average Bonchev–Trinajstić information content (AvgIpc) is 2.30. The Labute approximate surface area is 117 Å². The van der Waals surface area contributed by atoms with Gasteiger partial charge in [-0.25, -0.2) is 0 Å². The summed E-state index contributed by atoms with van der Waals surface area (Å²) in [5.74, 6) is 1.00. The Kier molecular flexibility index (Phi) is 5.48. The third kappa shape index (κ3) is 4.18. The van der Waals surface area contributed by atoms with Gasteiger partial charge >= 0.3 is 0 Å². The summed E-state index contributed by atoms with van der Waals surface area (Å²) >= 11 is 0.